The van der Waals surface area contributed by atoms with Crippen molar-refractivity contribution >= 4 is 5.78 Å². The third-order valence-corrected chi connectivity index (χ3v) is 5.51. The van der Waals surface area contributed by atoms with Crippen LogP contribution in [0.3, 0.4) is 0 Å². The Bertz CT molecular complexity index is 758. The number of aryl methyl sites for hydroxylation is 1. The van der Waals surface area contributed by atoms with Gasteiger partial charge in [-0.25, -0.2) is 0 Å². The molecule has 2 aromatic carbocycles. The standard InChI is InChI=1S/C21H20O/c1-2-19-17-11-5-3-8-15(17)10-7-13-21(19)14-16-9-4-6-12-18(16)20(21)22/h2-6,8-9,11-12,19H,1,7,10,13-14H2/t19-,21+/m1/s1. The maximum atomic E-state index is 13.3. The Hall–Kier alpha value is -2.15. The van der Waals surface area contributed by atoms with Gasteiger partial charge < -0.3 is 0 Å². The molecule has 2 aliphatic carbocycles. The summed E-state index contributed by atoms with van der Waals surface area (Å²) in [4.78, 5) is 13.3. The molecule has 0 bridgehead atoms. The van der Waals surface area contributed by atoms with Gasteiger partial charge in [-0.3, -0.25) is 4.79 Å². The first-order valence-electron chi connectivity index (χ1n) is 8.09. The zero-order chi connectivity index (χ0) is 15.2. The van der Waals surface area contributed by atoms with E-state index in [1.165, 1.54) is 16.7 Å². The van der Waals surface area contributed by atoms with Crippen molar-refractivity contribution in [2.75, 3.05) is 0 Å². The monoisotopic (exact) mass is 288 g/mol. The van der Waals surface area contributed by atoms with E-state index >= 15 is 0 Å². The molecule has 1 spiro atoms. The summed E-state index contributed by atoms with van der Waals surface area (Å²) in [6, 6.07) is 16.7. The molecule has 0 N–H and O–H groups in total. The molecule has 2 atom stereocenters. The fraction of sp³-hybridized carbons (Fsp3) is 0.286. The highest BCUT2D eigenvalue weighted by Gasteiger charge is 2.50. The molecule has 0 fully saturated rings. The summed E-state index contributed by atoms with van der Waals surface area (Å²) in [5.41, 5.74) is 4.49. The molecule has 2 aromatic rings. The zero-order valence-corrected chi connectivity index (χ0v) is 12.7. The quantitative estimate of drug-likeness (QED) is 0.694. The molecule has 4 rings (SSSR count). The lowest BCUT2D eigenvalue weighted by atomic mass is 9.67. The van der Waals surface area contributed by atoms with Crippen LogP contribution in [0.4, 0.5) is 0 Å². The van der Waals surface area contributed by atoms with Crippen LogP contribution in [0.25, 0.3) is 0 Å². The Morgan fingerprint density at radius 2 is 1.77 bits per heavy atom. The third-order valence-electron chi connectivity index (χ3n) is 5.51. The molecule has 0 aliphatic heterocycles. The largest absolute Gasteiger partial charge is 0.293 e. The first-order chi connectivity index (χ1) is 10.8. The second-order valence-electron chi connectivity index (χ2n) is 6.58. The van der Waals surface area contributed by atoms with Crippen molar-refractivity contribution in [3.8, 4) is 0 Å². The number of carbonyl (C=O) groups is 1. The predicted octanol–water partition coefficient (Wildman–Crippen LogP) is 4.72. The van der Waals surface area contributed by atoms with Gasteiger partial charge in [-0.2, -0.15) is 0 Å². The Morgan fingerprint density at radius 3 is 2.55 bits per heavy atom. The number of benzene rings is 2. The fourth-order valence-electron chi connectivity index (χ4n) is 4.50. The molecular formula is C21H20O. The smallest absolute Gasteiger partial charge is 0.170 e. The molecule has 0 unspecified atom stereocenters. The van der Waals surface area contributed by atoms with Gasteiger partial charge in [0.05, 0.1) is 0 Å². The van der Waals surface area contributed by atoms with Gasteiger partial charge in [0, 0.05) is 16.9 Å². The molecular weight excluding hydrogens is 268 g/mol. The van der Waals surface area contributed by atoms with Crippen LogP contribution >= 0.6 is 0 Å². The first kappa shape index (κ1) is 13.5. The van der Waals surface area contributed by atoms with E-state index in [1.54, 1.807) is 0 Å². The third kappa shape index (κ3) is 1.75. The van der Waals surface area contributed by atoms with Gasteiger partial charge in [0.25, 0.3) is 0 Å². The lowest BCUT2D eigenvalue weighted by molar-refractivity contribution is 0.0780. The highest BCUT2D eigenvalue weighted by molar-refractivity contribution is 6.05. The maximum absolute atomic E-state index is 13.3. The van der Waals surface area contributed by atoms with E-state index in [2.05, 4.69) is 36.9 Å². The summed E-state index contributed by atoms with van der Waals surface area (Å²) in [6.07, 6.45) is 5.94. The van der Waals surface area contributed by atoms with Crippen LogP contribution in [0, 0.1) is 5.41 Å². The van der Waals surface area contributed by atoms with Crippen LogP contribution in [0.15, 0.2) is 61.2 Å². The van der Waals surface area contributed by atoms with Gasteiger partial charge in [-0.05, 0) is 42.4 Å². The van der Waals surface area contributed by atoms with Crippen LogP contribution in [0.1, 0.15) is 45.8 Å². The van der Waals surface area contributed by atoms with Crippen LogP contribution < -0.4 is 0 Å². The van der Waals surface area contributed by atoms with Gasteiger partial charge in [-0.15, -0.1) is 6.58 Å². The average molecular weight is 288 g/mol. The van der Waals surface area contributed by atoms with Gasteiger partial charge in [-0.1, -0.05) is 54.6 Å². The summed E-state index contributed by atoms with van der Waals surface area (Å²) in [5, 5.41) is 0. The van der Waals surface area contributed by atoms with E-state index in [0.717, 1.165) is 31.2 Å². The number of ketones is 1. The minimum Gasteiger partial charge on any atom is -0.293 e. The van der Waals surface area contributed by atoms with Gasteiger partial charge >= 0.3 is 0 Å². The highest BCUT2D eigenvalue weighted by Crippen LogP contribution is 2.52. The normalized spacial score (nSPS) is 26.4. The Labute approximate surface area is 131 Å². The Kier molecular flexibility index (Phi) is 3.04. The molecule has 1 nitrogen and oxygen atoms in total. The molecule has 0 saturated heterocycles. The fourth-order valence-corrected chi connectivity index (χ4v) is 4.50. The second kappa shape index (κ2) is 4.95. The highest BCUT2D eigenvalue weighted by atomic mass is 16.1. The van der Waals surface area contributed by atoms with E-state index in [9.17, 15) is 4.79 Å². The number of hydrogen-bond donors (Lipinski definition) is 0. The lowest BCUT2D eigenvalue weighted by Gasteiger charge is -2.33. The predicted molar refractivity (Wildman–Crippen MR) is 89.2 cm³/mol. The average Bonchev–Trinajstić information content (AvgIpc) is 2.73. The van der Waals surface area contributed by atoms with Gasteiger partial charge in [0.1, 0.15) is 0 Å². The Balaban J connectivity index is 1.89. The van der Waals surface area contributed by atoms with Crippen molar-refractivity contribution in [2.45, 2.75) is 31.6 Å². The summed E-state index contributed by atoms with van der Waals surface area (Å²) in [6.45, 7) is 4.09. The molecule has 0 amide bonds. The van der Waals surface area contributed by atoms with Gasteiger partial charge in [0.15, 0.2) is 5.78 Å². The van der Waals surface area contributed by atoms with Gasteiger partial charge in [0.2, 0.25) is 0 Å². The van der Waals surface area contributed by atoms with Crippen molar-refractivity contribution in [3.63, 3.8) is 0 Å². The first-order valence-corrected chi connectivity index (χ1v) is 8.09. The summed E-state index contributed by atoms with van der Waals surface area (Å²) in [7, 11) is 0. The number of hydrogen-bond acceptors (Lipinski definition) is 1. The van der Waals surface area contributed by atoms with Crippen LogP contribution in [-0.4, -0.2) is 5.78 Å². The van der Waals surface area contributed by atoms with Crippen molar-refractivity contribution in [1.29, 1.82) is 0 Å². The van der Waals surface area contributed by atoms with E-state index in [4.69, 9.17) is 0 Å². The summed E-state index contributed by atoms with van der Waals surface area (Å²) < 4.78 is 0. The van der Waals surface area contributed by atoms with E-state index in [0.29, 0.717) is 5.78 Å². The SMILES string of the molecule is C=C[C@@H]1c2ccccc2CCC[C@]12Cc1ccccc1C2=O. The van der Waals surface area contributed by atoms with Crippen molar-refractivity contribution in [3.05, 3.63) is 83.4 Å². The zero-order valence-electron chi connectivity index (χ0n) is 12.7. The second-order valence-corrected chi connectivity index (χ2v) is 6.58. The van der Waals surface area contributed by atoms with Crippen molar-refractivity contribution in [2.24, 2.45) is 5.41 Å². The number of fused-ring (bicyclic) bond motifs is 2. The molecule has 1 heteroatoms. The molecule has 22 heavy (non-hydrogen) atoms. The maximum Gasteiger partial charge on any atom is 0.170 e. The number of Topliss-reactive ketones (excluding diaryl/α,β-unsaturated/α-hetero) is 1. The Morgan fingerprint density at radius 1 is 1.05 bits per heavy atom. The van der Waals surface area contributed by atoms with Crippen molar-refractivity contribution in [1.82, 2.24) is 0 Å². The molecule has 0 aromatic heterocycles. The number of rotatable bonds is 1. The summed E-state index contributed by atoms with van der Waals surface area (Å²) >= 11 is 0. The topological polar surface area (TPSA) is 17.1 Å². The minimum absolute atomic E-state index is 0.117. The van der Waals surface area contributed by atoms with Crippen LogP contribution in [-0.2, 0) is 12.8 Å². The van der Waals surface area contributed by atoms with E-state index < -0.39 is 0 Å². The number of allylic oxidation sites excluding steroid dienone is 1. The van der Waals surface area contributed by atoms with Crippen LogP contribution in [0.2, 0.25) is 0 Å². The minimum atomic E-state index is -0.321. The lowest BCUT2D eigenvalue weighted by Crippen LogP contribution is -2.33. The molecule has 0 radical (unpaired) electrons. The molecule has 0 heterocycles. The van der Waals surface area contributed by atoms with E-state index in [-0.39, 0.29) is 11.3 Å². The summed E-state index contributed by atoms with van der Waals surface area (Å²) in [5.74, 6) is 0.441. The van der Waals surface area contributed by atoms with Crippen molar-refractivity contribution < 1.29 is 4.79 Å². The number of carbonyl (C=O) groups excluding carboxylic acids is 1. The molecule has 110 valence electrons. The molecule has 2 aliphatic rings. The van der Waals surface area contributed by atoms with E-state index in [1.807, 2.05) is 24.3 Å². The van der Waals surface area contributed by atoms with Crippen LogP contribution in [0.5, 0.6) is 0 Å². The molecule has 0 saturated carbocycles.